The van der Waals surface area contributed by atoms with Gasteiger partial charge >= 0.3 is 0 Å². The van der Waals surface area contributed by atoms with Gasteiger partial charge in [-0.05, 0) is 30.9 Å². The smallest absolute Gasteiger partial charge is 0.0774 e. The molecule has 2 unspecified atom stereocenters. The van der Waals surface area contributed by atoms with E-state index in [4.69, 9.17) is 0 Å². The molecule has 1 aromatic heterocycles. The van der Waals surface area contributed by atoms with Crippen LogP contribution in [0.25, 0.3) is 10.9 Å². The summed E-state index contributed by atoms with van der Waals surface area (Å²) in [7, 11) is 0. The molecule has 1 aliphatic carbocycles. The third kappa shape index (κ3) is 3.60. The average molecular weight is 284 g/mol. The molecule has 1 fully saturated rings. The van der Waals surface area contributed by atoms with Crippen LogP contribution in [0.5, 0.6) is 0 Å². The van der Waals surface area contributed by atoms with E-state index in [9.17, 15) is 5.11 Å². The monoisotopic (exact) mass is 284 g/mol. The maximum Gasteiger partial charge on any atom is 0.0774 e. The van der Waals surface area contributed by atoms with Gasteiger partial charge in [0, 0.05) is 18.5 Å². The van der Waals surface area contributed by atoms with Crippen molar-refractivity contribution in [1.82, 2.24) is 10.3 Å². The van der Waals surface area contributed by atoms with Gasteiger partial charge in [0.1, 0.15) is 0 Å². The number of nitrogens with one attached hydrogen (secondary N) is 1. The minimum absolute atomic E-state index is 0.533. The zero-order valence-corrected chi connectivity index (χ0v) is 12.7. The molecule has 1 saturated carbocycles. The molecule has 3 rings (SSSR count). The van der Waals surface area contributed by atoms with Crippen LogP contribution in [0.15, 0.2) is 36.4 Å². The summed E-state index contributed by atoms with van der Waals surface area (Å²) in [6.07, 6.45) is 4.20. The molecule has 0 bridgehead atoms. The summed E-state index contributed by atoms with van der Waals surface area (Å²) >= 11 is 0. The summed E-state index contributed by atoms with van der Waals surface area (Å²) in [5.74, 6) is 0.629. The first kappa shape index (κ1) is 14.5. The highest BCUT2D eigenvalue weighted by Gasteiger charge is 2.31. The topological polar surface area (TPSA) is 45.1 Å². The summed E-state index contributed by atoms with van der Waals surface area (Å²) in [6, 6.07) is 12.3. The second-order valence-electron chi connectivity index (χ2n) is 6.52. The first-order valence-corrected chi connectivity index (χ1v) is 7.92. The van der Waals surface area contributed by atoms with Crippen molar-refractivity contribution in [3.63, 3.8) is 0 Å². The van der Waals surface area contributed by atoms with Crippen LogP contribution in [-0.2, 0) is 6.54 Å². The Morgan fingerprint density at radius 3 is 3.00 bits per heavy atom. The van der Waals surface area contributed by atoms with Gasteiger partial charge < -0.3 is 10.4 Å². The molecule has 2 N–H and O–H groups in total. The Bertz CT molecular complexity index is 613. The normalized spacial score (nSPS) is 26.1. The molecule has 112 valence electrons. The van der Waals surface area contributed by atoms with Gasteiger partial charge in [0.15, 0.2) is 0 Å². The van der Waals surface area contributed by atoms with E-state index in [2.05, 4.69) is 35.4 Å². The van der Waals surface area contributed by atoms with Crippen LogP contribution in [0.2, 0.25) is 0 Å². The van der Waals surface area contributed by atoms with Crippen molar-refractivity contribution in [1.29, 1.82) is 0 Å². The van der Waals surface area contributed by atoms with Crippen molar-refractivity contribution < 1.29 is 5.11 Å². The van der Waals surface area contributed by atoms with Gasteiger partial charge in [0.25, 0.3) is 0 Å². The van der Waals surface area contributed by atoms with Gasteiger partial charge in [-0.3, -0.25) is 4.98 Å². The number of fused-ring (bicyclic) bond motifs is 1. The summed E-state index contributed by atoms with van der Waals surface area (Å²) in [5.41, 5.74) is 1.53. The number of hydrogen-bond acceptors (Lipinski definition) is 3. The lowest BCUT2D eigenvalue weighted by atomic mass is 9.79. The lowest BCUT2D eigenvalue weighted by Crippen LogP contribution is -2.43. The fourth-order valence-corrected chi connectivity index (χ4v) is 3.42. The van der Waals surface area contributed by atoms with Crippen molar-refractivity contribution in [2.75, 3.05) is 6.54 Å². The Balaban J connectivity index is 1.59. The largest absolute Gasteiger partial charge is 0.389 e. The van der Waals surface area contributed by atoms with Crippen LogP contribution in [0, 0.1) is 5.92 Å². The molecule has 3 heteroatoms. The molecule has 2 atom stereocenters. The van der Waals surface area contributed by atoms with E-state index in [1.54, 1.807) is 0 Å². The maximum absolute atomic E-state index is 10.6. The van der Waals surface area contributed by atoms with Gasteiger partial charge in [0.05, 0.1) is 16.8 Å². The zero-order chi connectivity index (χ0) is 14.7. The van der Waals surface area contributed by atoms with Crippen molar-refractivity contribution in [2.45, 2.75) is 44.8 Å². The summed E-state index contributed by atoms with van der Waals surface area (Å²) in [4.78, 5) is 4.65. The Kier molecular flexibility index (Phi) is 4.22. The number of pyridine rings is 1. The third-order valence-corrected chi connectivity index (χ3v) is 4.48. The molecule has 1 aliphatic rings. The first-order chi connectivity index (χ1) is 10.1. The predicted octanol–water partition coefficient (Wildman–Crippen LogP) is 3.27. The molecule has 21 heavy (non-hydrogen) atoms. The predicted molar refractivity (Wildman–Crippen MR) is 86.0 cm³/mol. The van der Waals surface area contributed by atoms with E-state index in [-0.39, 0.29) is 0 Å². The van der Waals surface area contributed by atoms with Crippen LogP contribution in [0.4, 0.5) is 0 Å². The van der Waals surface area contributed by atoms with Crippen LogP contribution in [-0.4, -0.2) is 22.2 Å². The lowest BCUT2D eigenvalue weighted by molar-refractivity contribution is -0.0119. The fraction of sp³-hybridized carbons (Fsp3) is 0.500. The lowest BCUT2D eigenvalue weighted by Gasteiger charge is -2.35. The van der Waals surface area contributed by atoms with Crippen molar-refractivity contribution in [3.8, 4) is 0 Å². The Labute approximate surface area is 126 Å². The summed E-state index contributed by atoms with van der Waals surface area (Å²) in [5, 5.41) is 15.2. The number of aromatic nitrogens is 1. The molecule has 0 radical (unpaired) electrons. The van der Waals surface area contributed by atoms with Crippen LogP contribution < -0.4 is 5.32 Å². The summed E-state index contributed by atoms with van der Waals surface area (Å²) in [6.45, 7) is 3.60. The molecule has 0 spiro atoms. The molecule has 3 nitrogen and oxygen atoms in total. The van der Waals surface area contributed by atoms with Crippen LogP contribution >= 0.6 is 0 Å². The number of benzene rings is 1. The van der Waals surface area contributed by atoms with Crippen molar-refractivity contribution in [2.24, 2.45) is 5.92 Å². The van der Waals surface area contributed by atoms with Gasteiger partial charge in [-0.2, -0.15) is 0 Å². The third-order valence-electron chi connectivity index (χ3n) is 4.48. The number of aliphatic hydroxyl groups is 1. The number of hydrogen-bond donors (Lipinski definition) is 2. The van der Waals surface area contributed by atoms with Crippen molar-refractivity contribution >= 4 is 10.9 Å². The quantitative estimate of drug-likeness (QED) is 0.905. The van der Waals surface area contributed by atoms with Crippen molar-refractivity contribution in [3.05, 3.63) is 42.1 Å². The van der Waals surface area contributed by atoms with Gasteiger partial charge in [-0.25, -0.2) is 0 Å². The van der Waals surface area contributed by atoms with Gasteiger partial charge in [0.2, 0.25) is 0 Å². The molecule has 0 amide bonds. The first-order valence-electron chi connectivity index (χ1n) is 7.92. The van der Waals surface area contributed by atoms with E-state index in [0.29, 0.717) is 19.0 Å². The minimum Gasteiger partial charge on any atom is -0.389 e. The molecule has 0 aliphatic heterocycles. The highest BCUT2D eigenvalue weighted by molar-refractivity contribution is 5.78. The SMILES string of the molecule is CC1CCCC(O)(CNCc2ccc3ccccc3n2)C1. The minimum atomic E-state index is -0.533. The molecule has 0 saturated heterocycles. The Morgan fingerprint density at radius 1 is 1.29 bits per heavy atom. The second kappa shape index (κ2) is 6.12. The summed E-state index contributed by atoms with van der Waals surface area (Å²) < 4.78 is 0. The number of nitrogens with zero attached hydrogens (tertiary/aromatic N) is 1. The molecular weight excluding hydrogens is 260 g/mol. The standard InChI is InChI=1S/C18H24N2O/c1-14-5-4-10-18(21,11-14)13-19-12-16-9-8-15-6-2-3-7-17(15)20-16/h2-3,6-9,14,19,21H,4-5,10-13H2,1H3. The second-order valence-corrected chi connectivity index (χ2v) is 6.52. The van der Waals surface area contributed by atoms with E-state index in [0.717, 1.165) is 30.5 Å². The van der Waals surface area contributed by atoms with Gasteiger partial charge in [-0.15, -0.1) is 0 Å². The highest BCUT2D eigenvalue weighted by atomic mass is 16.3. The Morgan fingerprint density at radius 2 is 2.14 bits per heavy atom. The van der Waals surface area contributed by atoms with Gasteiger partial charge in [-0.1, -0.05) is 44.0 Å². The Hall–Kier alpha value is -1.45. The number of rotatable bonds is 4. The van der Waals surface area contributed by atoms with E-state index >= 15 is 0 Å². The van der Waals surface area contributed by atoms with E-state index < -0.39 is 5.60 Å². The molecule has 1 aromatic carbocycles. The highest BCUT2D eigenvalue weighted by Crippen LogP contribution is 2.31. The number of para-hydroxylation sites is 1. The van der Waals surface area contributed by atoms with E-state index in [1.807, 2.05) is 18.2 Å². The van der Waals surface area contributed by atoms with Crippen LogP contribution in [0.3, 0.4) is 0 Å². The molecular formula is C18H24N2O. The zero-order valence-electron chi connectivity index (χ0n) is 12.7. The average Bonchev–Trinajstić information content (AvgIpc) is 2.47. The van der Waals surface area contributed by atoms with Crippen LogP contribution in [0.1, 0.15) is 38.3 Å². The fourth-order valence-electron chi connectivity index (χ4n) is 3.42. The van der Waals surface area contributed by atoms with E-state index in [1.165, 1.54) is 11.8 Å². The molecule has 2 aromatic rings. The molecule has 1 heterocycles. The maximum atomic E-state index is 10.6.